The SMILES string of the molecule is CC(=O)NC(Cc1c[nH]c2ccccc12)C(=O)NNc1ccccc1[N+](=O)[O-]. The summed E-state index contributed by atoms with van der Waals surface area (Å²) in [4.78, 5) is 37.8. The molecule has 0 aliphatic carbocycles. The molecule has 0 fully saturated rings. The number of nitro groups is 1. The van der Waals surface area contributed by atoms with Crippen molar-refractivity contribution in [1.29, 1.82) is 0 Å². The molecular weight excluding hydrogens is 362 g/mol. The van der Waals surface area contributed by atoms with Crippen LogP contribution in [0.4, 0.5) is 11.4 Å². The Kier molecular flexibility index (Phi) is 5.54. The fraction of sp³-hybridized carbons (Fsp3) is 0.158. The summed E-state index contributed by atoms with van der Waals surface area (Å²) in [5.74, 6) is -0.871. The lowest BCUT2D eigenvalue weighted by atomic mass is 10.0. The lowest BCUT2D eigenvalue weighted by Gasteiger charge is -2.18. The second-order valence-electron chi connectivity index (χ2n) is 6.21. The Labute approximate surface area is 160 Å². The van der Waals surface area contributed by atoms with Crippen molar-refractivity contribution in [2.75, 3.05) is 5.43 Å². The van der Waals surface area contributed by atoms with Gasteiger partial charge in [-0.05, 0) is 17.7 Å². The van der Waals surface area contributed by atoms with E-state index in [0.717, 1.165) is 16.5 Å². The van der Waals surface area contributed by atoms with Gasteiger partial charge in [0, 0.05) is 36.5 Å². The van der Waals surface area contributed by atoms with E-state index in [1.807, 2.05) is 24.3 Å². The van der Waals surface area contributed by atoms with Gasteiger partial charge in [0.2, 0.25) is 5.91 Å². The van der Waals surface area contributed by atoms with Crippen molar-refractivity contribution in [1.82, 2.24) is 15.7 Å². The zero-order valence-electron chi connectivity index (χ0n) is 15.1. The molecule has 1 aromatic heterocycles. The van der Waals surface area contributed by atoms with Crippen LogP contribution in [-0.2, 0) is 16.0 Å². The van der Waals surface area contributed by atoms with E-state index in [1.54, 1.807) is 12.3 Å². The van der Waals surface area contributed by atoms with Gasteiger partial charge in [-0.15, -0.1) is 0 Å². The minimum Gasteiger partial charge on any atom is -0.361 e. The molecule has 0 aliphatic heterocycles. The predicted molar refractivity (Wildman–Crippen MR) is 104 cm³/mol. The number of nitrogens with zero attached hydrogens (tertiary/aromatic N) is 1. The molecule has 1 unspecified atom stereocenters. The lowest BCUT2D eigenvalue weighted by Crippen LogP contribution is -2.49. The first kappa shape index (κ1) is 18.9. The molecule has 1 atom stereocenters. The van der Waals surface area contributed by atoms with E-state index in [-0.39, 0.29) is 23.7 Å². The van der Waals surface area contributed by atoms with Gasteiger partial charge in [0.1, 0.15) is 11.7 Å². The monoisotopic (exact) mass is 381 g/mol. The van der Waals surface area contributed by atoms with Crippen LogP contribution < -0.4 is 16.2 Å². The third-order valence-corrected chi connectivity index (χ3v) is 4.21. The quantitative estimate of drug-likeness (QED) is 0.368. The van der Waals surface area contributed by atoms with Gasteiger partial charge in [0.15, 0.2) is 0 Å². The first-order chi connectivity index (χ1) is 13.5. The third-order valence-electron chi connectivity index (χ3n) is 4.21. The van der Waals surface area contributed by atoms with Crippen LogP contribution in [0.15, 0.2) is 54.7 Å². The number of nitrogens with one attached hydrogen (secondary N) is 4. The van der Waals surface area contributed by atoms with Gasteiger partial charge >= 0.3 is 0 Å². The molecule has 0 spiro atoms. The van der Waals surface area contributed by atoms with E-state index < -0.39 is 16.9 Å². The molecule has 4 N–H and O–H groups in total. The summed E-state index contributed by atoms with van der Waals surface area (Å²) < 4.78 is 0. The Balaban J connectivity index is 1.75. The summed E-state index contributed by atoms with van der Waals surface area (Å²) in [5, 5.41) is 14.6. The van der Waals surface area contributed by atoms with Crippen LogP contribution in [0.2, 0.25) is 0 Å². The average molecular weight is 381 g/mol. The Morgan fingerprint density at radius 3 is 2.61 bits per heavy atom. The Hall–Kier alpha value is -3.88. The molecule has 1 heterocycles. The average Bonchev–Trinajstić information content (AvgIpc) is 3.08. The van der Waals surface area contributed by atoms with E-state index in [1.165, 1.54) is 25.1 Å². The van der Waals surface area contributed by atoms with Crippen molar-refractivity contribution in [3.05, 3.63) is 70.4 Å². The van der Waals surface area contributed by atoms with Crippen LogP contribution >= 0.6 is 0 Å². The van der Waals surface area contributed by atoms with E-state index in [9.17, 15) is 19.7 Å². The van der Waals surface area contributed by atoms with E-state index >= 15 is 0 Å². The Morgan fingerprint density at radius 1 is 1.14 bits per heavy atom. The van der Waals surface area contributed by atoms with E-state index in [4.69, 9.17) is 0 Å². The number of benzene rings is 2. The number of amides is 2. The lowest BCUT2D eigenvalue weighted by molar-refractivity contribution is -0.384. The van der Waals surface area contributed by atoms with Crippen molar-refractivity contribution in [3.63, 3.8) is 0 Å². The molecule has 2 amide bonds. The maximum atomic E-state index is 12.6. The minimum absolute atomic E-state index is 0.148. The molecule has 0 radical (unpaired) electrons. The molecule has 3 rings (SSSR count). The zero-order valence-corrected chi connectivity index (χ0v) is 15.1. The highest BCUT2D eigenvalue weighted by molar-refractivity contribution is 5.89. The number of para-hydroxylation sites is 3. The highest BCUT2D eigenvalue weighted by Crippen LogP contribution is 2.22. The van der Waals surface area contributed by atoms with Crippen molar-refractivity contribution in [2.24, 2.45) is 0 Å². The summed E-state index contributed by atoms with van der Waals surface area (Å²) >= 11 is 0. The van der Waals surface area contributed by atoms with Crippen molar-refractivity contribution in [2.45, 2.75) is 19.4 Å². The highest BCUT2D eigenvalue weighted by Gasteiger charge is 2.22. The number of H-pyrrole nitrogens is 1. The van der Waals surface area contributed by atoms with Crippen molar-refractivity contribution >= 4 is 34.1 Å². The maximum absolute atomic E-state index is 12.6. The largest absolute Gasteiger partial charge is 0.361 e. The van der Waals surface area contributed by atoms with Gasteiger partial charge in [-0.2, -0.15) is 0 Å². The number of aromatic nitrogens is 1. The molecule has 9 nitrogen and oxygen atoms in total. The number of hydrazine groups is 1. The Morgan fingerprint density at radius 2 is 1.86 bits per heavy atom. The molecule has 0 saturated carbocycles. The predicted octanol–water partition coefficient (Wildman–Crippen LogP) is 2.27. The van der Waals surface area contributed by atoms with Gasteiger partial charge in [0.05, 0.1) is 4.92 Å². The summed E-state index contributed by atoms with van der Waals surface area (Å²) in [6.07, 6.45) is 2.05. The van der Waals surface area contributed by atoms with Gasteiger partial charge in [-0.1, -0.05) is 30.3 Å². The zero-order chi connectivity index (χ0) is 20.1. The number of nitro benzene ring substituents is 1. The normalized spacial score (nSPS) is 11.6. The maximum Gasteiger partial charge on any atom is 0.294 e. The van der Waals surface area contributed by atoms with Crippen LogP contribution in [-0.4, -0.2) is 27.8 Å². The number of anilines is 1. The Bertz CT molecular complexity index is 1030. The molecule has 0 saturated heterocycles. The van der Waals surface area contributed by atoms with Crippen LogP contribution in [0.3, 0.4) is 0 Å². The highest BCUT2D eigenvalue weighted by atomic mass is 16.6. The second-order valence-corrected chi connectivity index (χ2v) is 6.21. The van der Waals surface area contributed by atoms with Gasteiger partial charge < -0.3 is 10.3 Å². The number of hydrogen-bond donors (Lipinski definition) is 4. The van der Waals surface area contributed by atoms with Crippen LogP contribution in [0.1, 0.15) is 12.5 Å². The molecule has 9 heteroatoms. The summed E-state index contributed by atoms with van der Waals surface area (Å²) in [6.45, 7) is 1.32. The first-order valence-corrected chi connectivity index (χ1v) is 8.57. The van der Waals surface area contributed by atoms with Crippen LogP contribution in [0.25, 0.3) is 10.9 Å². The van der Waals surface area contributed by atoms with Crippen LogP contribution in [0.5, 0.6) is 0 Å². The number of aromatic amines is 1. The number of carbonyl (C=O) groups is 2. The standard InChI is InChI=1S/C19H19N5O4/c1-12(25)21-17(10-13-11-20-15-7-3-2-6-14(13)15)19(26)23-22-16-8-4-5-9-18(16)24(27)28/h2-9,11,17,20,22H,10H2,1H3,(H,21,25)(H,23,26). The topological polar surface area (TPSA) is 129 Å². The fourth-order valence-electron chi connectivity index (χ4n) is 2.93. The third kappa shape index (κ3) is 4.26. The second kappa shape index (κ2) is 8.21. The van der Waals surface area contributed by atoms with Gasteiger partial charge in [-0.25, -0.2) is 0 Å². The molecule has 0 aliphatic rings. The minimum atomic E-state index is -0.855. The number of hydrogen-bond acceptors (Lipinski definition) is 5. The molecule has 0 bridgehead atoms. The van der Waals surface area contributed by atoms with Gasteiger partial charge in [0.25, 0.3) is 11.6 Å². The van der Waals surface area contributed by atoms with Crippen molar-refractivity contribution < 1.29 is 14.5 Å². The summed E-state index contributed by atoms with van der Waals surface area (Å²) in [7, 11) is 0. The molecule has 28 heavy (non-hydrogen) atoms. The van der Waals surface area contributed by atoms with Gasteiger partial charge in [-0.3, -0.25) is 30.6 Å². The smallest absolute Gasteiger partial charge is 0.294 e. The number of fused-ring (bicyclic) bond motifs is 1. The summed E-state index contributed by atoms with van der Waals surface area (Å²) in [6, 6.07) is 12.7. The number of carbonyl (C=O) groups excluding carboxylic acids is 2. The van der Waals surface area contributed by atoms with Crippen molar-refractivity contribution in [3.8, 4) is 0 Å². The van der Waals surface area contributed by atoms with E-state index in [2.05, 4.69) is 21.2 Å². The molecular formula is C19H19N5O4. The number of rotatable bonds is 7. The fourth-order valence-corrected chi connectivity index (χ4v) is 2.93. The van der Waals surface area contributed by atoms with E-state index in [0.29, 0.717) is 0 Å². The summed E-state index contributed by atoms with van der Waals surface area (Å²) in [5.41, 5.74) is 6.78. The van der Waals surface area contributed by atoms with Crippen LogP contribution in [0, 0.1) is 10.1 Å². The molecule has 144 valence electrons. The molecule has 2 aromatic carbocycles. The molecule has 3 aromatic rings. The first-order valence-electron chi connectivity index (χ1n) is 8.57.